The number of fused-ring (bicyclic) bond motifs is 1. The molecular formula is C19H32O5. The van der Waals surface area contributed by atoms with Gasteiger partial charge in [-0.3, -0.25) is 9.59 Å². The van der Waals surface area contributed by atoms with Gasteiger partial charge >= 0.3 is 11.9 Å². The van der Waals surface area contributed by atoms with Gasteiger partial charge in [0.15, 0.2) is 0 Å². The second kappa shape index (κ2) is 7.85. The van der Waals surface area contributed by atoms with E-state index < -0.39 is 0 Å². The van der Waals surface area contributed by atoms with Crippen LogP contribution in [0.25, 0.3) is 0 Å². The average molecular weight is 340 g/mol. The molecule has 0 aliphatic heterocycles. The van der Waals surface area contributed by atoms with Crippen LogP contribution in [0, 0.1) is 23.2 Å². The summed E-state index contributed by atoms with van der Waals surface area (Å²) in [6.07, 6.45) is 5.52. The fourth-order valence-electron chi connectivity index (χ4n) is 4.97. The summed E-state index contributed by atoms with van der Waals surface area (Å²) in [5.74, 6) is 0.201. The Kier molecular flexibility index (Phi) is 6.29. The van der Waals surface area contributed by atoms with E-state index in [0.717, 1.165) is 32.1 Å². The second-order valence-electron chi connectivity index (χ2n) is 7.80. The highest BCUT2D eigenvalue weighted by molar-refractivity contribution is 5.71. The van der Waals surface area contributed by atoms with Crippen molar-refractivity contribution in [1.29, 1.82) is 0 Å². The third kappa shape index (κ3) is 3.93. The number of methoxy groups -OCH3 is 1. The van der Waals surface area contributed by atoms with Gasteiger partial charge in [-0.1, -0.05) is 6.92 Å². The Labute approximate surface area is 145 Å². The standard InChI is InChI=1S/C19H32O5/c1-12(18(21)22-5)11-23-13(2)15-8-9-16-17(24-14(3)20)7-6-10-19(15,16)4/h12-13,15-17H,6-11H2,1-5H3/t12-,13+,15?,16?,17?,19?/m0/s1. The Morgan fingerprint density at radius 3 is 2.54 bits per heavy atom. The van der Waals surface area contributed by atoms with Crippen LogP contribution < -0.4 is 0 Å². The summed E-state index contributed by atoms with van der Waals surface area (Å²) < 4.78 is 16.4. The molecule has 0 spiro atoms. The van der Waals surface area contributed by atoms with Crippen molar-refractivity contribution in [2.75, 3.05) is 13.7 Å². The summed E-state index contributed by atoms with van der Waals surface area (Å²) in [5, 5.41) is 0. The molecule has 2 saturated carbocycles. The predicted molar refractivity (Wildman–Crippen MR) is 90.3 cm³/mol. The summed E-state index contributed by atoms with van der Waals surface area (Å²) in [6.45, 7) is 8.15. The lowest BCUT2D eigenvalue weighted by molar-refractivity contribution is -0.156. The Morgan fingerprint density at radius 2 is 1.92 bits per heavy atom. The molecule has 0 radical (unpaired) electrons. The normalized spacial score (nSPS) is 35.0. The molecule has 5 heteroatoms. The highest BCUT2D eigenvalue weighted by atomic mass is 16.5. The molecule has 4 unspecified atom stereocenters. The van der Waals surface area contributed by atoms with Gasteiger partial charge in [0.1, 0.15) is 6.10 Å². The Bertz CT molecular complexity index is 463. The molecule has 0 bridgehead atoms. The fraction of sp³-hybridized carbons (Fsp3) is 0.895. The number of hydrogen-bond acceptors (Lipinski definition) is 5. The van der Waals surface area contributed by atoms with Crippen LogP contribution in [0.2, 0.25) is 0 Å². The van der Waals surface area contributed by atoms with Crippen LogP contribution in [0.15, 0.2) is 0 Å². The van der Waals surface area contributed by atoms with Gasteiger partial charge < -0.3 is 14.2 Å². The molecule has 2 fully saturated rings. The minimum absolute atomic E-state index is 0.0486. The van der Waals surface area contributed by atoms with Crippen molar-refractivity contribution >= 4 is 11.9 Å². The van der Waals surface area contributed by atoms with E-state index in [9.17, 15) is 9.59 Å². The molecule has 2 aliphatic carbocycles. The van der Waals surface area contributed by atoms with Crippen LogP contribution in [0.4, 0.5) is 0 Å². The topological polar surface area (TPSA) is 61.8 Å². The first-order valence-electron chi connectivity index (χ1n) is 9.16. The van der Waals surface area contributed by atoms with Crippen LogP contribution in [0.3, 0.4) is 0 Å². The average Bonchev–Trinajstić information content (AvgIpc) is 2.89. The lowest BCUT2D eigenvalue weighted by atomic mass is 9.63. The van der Waals surface area contributed by atoms with Gasteiger partial charge in [0.2, 0.25) is 0 Å². The zero-order chi connectivity index (χ0) is 17.9. The molecule has 24 heavy (non-hydrogen) atoms. The van der Waals surface area contributed by atoms with Crippen molar-refractivity contribution in [2.24, 2.45) is 23.2 Å². The van der Waals surface area contributed by atoms with Crippen molar-refractivity contribution in [3.05, 3.63) is 0 Å². The fourth-order valence-corrected chi connectivity index (χ4v) is 4.97. The number of esters is 2. The molecule has 0 aromatic rings. The Hall–Kier alpha value is -1.10. The minimum Gasteiger partial charge on any atom is -0.469 e. The van der Waals surface area contributed by atoms with Crippen LogP contribution in [-0.4, -0.2) is 37.9 Å². The summed E-state index contributed by atoms with van der Waals surface area (Å²) in [4.78, 5) is 22.9. The van der Waals surface area contributed by atoms with E-state index >= 15 is 0 Å². The molecule has 0 aromatic heterocycles. The molecule has 0 aromatic carbocycles. The first kappa shape index (κ1) is 19.2. The number of rotatable bonds is 6. The van der Waals surface area contributed by atoms with Gasteiger partial charge in [0, 0.05) is 12.8 Å². The molecule has 2 rings (SSSR count). The van der Waals surface area contributed by atoms with Crippen LogP contribution in [0.1, 0.15) is 59.8 Å². The van der Waals surface area contributed by atoms with E-state index in [2.05, 4.69) is 13.8 Å². The van der Waals surface area contributed by atoms with E-state index in [4.69, 9.17) is 14.2 Å². The van der Waals surface area contributed by atoms with Crippen molar-refractivity contribution in [1.82, 2.24) is 0 Å². The molecule has 0 saturated heterocycles. The van der Waals surface area contributed by atoms with E-state index in [0.29, 0.717) is 18.4 Å². The van der Waals surface area contributed by atoms with Crippen molar-refractivity contribution in [3.8, 4) is 0 Å². The Balaban J connectivity index is 1.99. The maximum absolute atomic E-state index is 11.5. The summed E-state index contributed by atoms with van der Waals surface area (Å²) in [6, 6.07) is 0. The van der Waals surface area contributed by atoms with Crippen molar-refractivity contribution in [3.63, 3.8) is 0 Å². The van der Waals surface area contributed by atoms with Crippen LogP contribution in [0.5, 0.6) is 0 Å². The number of ether oxygens (including phenoxy) is 3. The third-order valence-electron chi connectivity index (χ3n) is 6.23. The lowest BCUT2D eigenvalue weighted by Gasteiger charge is -2.45. The van der Waals surface area contributed by atoms with Gasteiger partial charge in [-0.2, -0.15) is 0 Å². The zero-order valence-corrected chi connectivity index (χ0v) is 15.7. The molecule has 2 aliphatic rings. The van der Waals surface area contributed by atoms with Crippen LogP contribution >= 0.6 is 0 Å². The monoisotopic (exact) mass is 340 g/mol. The van der Waals surface area contributed by atoms with Gasteiger partial charge in [-0.05, 0) is 57.3 Å². The summed E-state index contributed by atoms with van der Waals surface area (Å²) >= 11 is 0. The van der Waals surface area contributed by atoms with E-state index in [1.807, 2.05) is 6.92 Å². The molecular weight excluding hydrogens is 308 g/mol. The maximum atomic E-state index is 11.5. The summed E-state index contributed by atoms with van der Waals surface area (Å²) in [5.41, 5.74) is 0.145. The highest BCUT2D eigenvalue weighted by Crippen LogP contribution is 2.57. The number of carbonyl (C=O) groups is 2. The molecule has 0 amide bonds. The van der Waals surface area contributed by atoms with E-state index in [1.165, 1.54) is 14.0 Å². The SMILES string of the molecule is COC(=O)[C@@H](C)CO[C@H](C)C1CCC2C(OC(C)=O)CCCC21C. The predicted octanol–water partition coefficient (Wildman–Crippen LogP) is 3.35. The molecule has 0 heterocycles. The largest absolute Gasteiger partial charge is 0.469 e. The van der Waals surface area contributed by atoms with Gasteiger partial charge in [-0.25, -0.2) is 0 Å². The first-order chi connectivity index (χ1) is 11.3. The van der Waals surface area contributed by atoms with Crippen LogP contribution in [-0.2, 0) is 23.8 Å². The molecule has 138 valence electrons. The van der Waals surface area contributed by atoms with Gasteiger partial charge in [0.25, 0.3) is 0 Å². The minimum atomic E-state index is -0.248. The second-order valence-corrected chi connectivity index (χ2v) is 7.80. The quantitative estimate of drug-likeness (QED) is 0.694. The molecule has 0 N–H and O–H groups in total. The lowest BCUT2D eigenvalue weighted by Crippen LogP contribution is -2.44. The van der Waals surface area contributed by atoms with Crippen molar-refractivity contribution < 1.29 is 23.8 Å². The van der Waals surface area contributed by atoms with E-state index in [1.54, 1.807) is 0 Å². The maximum Gasteiger partial charge on any atom is 0.310 e. The number of carbonyl (C=O) groups excluding carboxylic acids is 2. The first-order valence-corrected chi connectivity index (χ1v) is 9.16. The molecule has 6 atom stereocenters. The van der Waals surface area contributed by atoms with Gasteiger partial charge in [0.05, 0.1) is 25.7 Å². The molecule has 5 nitrogen and oxygen atoms in total. The van der Waals surface area contributed by atoms with Crippen molar-refractivity contribution in [2.45, 2.75) is 72.0 Å². The highest BCUT2D eigenvalue weighted by Gasteiger charge is 2.53. The Morgan fingerprint density at radius 1 is 1.21 bits per heavy atom. The number of hydrogen-bond donors (Lipinski definition) is 0. The zero-order valence-electron chi connectivity index (χ0n) is 15.7. The third-order valence-corrected chi connectivity index (χ3v) is 6.23. The summed E-state index contributed by atoms with van der Waals surface area (Å²) in [7, 11) is 1.40. The van der Waals surface area contributed by atoms with Gasteiger partial charge in [-0.15, -0.1) is 0 Å². The smallest absolute Gasteiger partial charge is 0.310 e. The van der Waals surface area contributed by atoms with E-state index in [-0.39, 0.29) is 35.5 Å².